The number of anilines is 1. The van der Waals surface area contributed by atoms with Crippen LogP contribution < -0.4 is 11.3 Å². The summed E-state index contributed by atoms with van der Waals surface area (Å²) in [5.41, 5.74) is 7.18. The second-order valence-electron chi connectivity index (χ2n) is 5.96. The molecule has 8 heteroatoms. The molecule has 0 aliphatic heterocycles. The predicted octanol–water partition coefficient (Wildman–Crippen LogP) is 2.38. The average molecular weight is 379 g/mol. The minimum Gasteiger partial charge on any atom is -0.382 e. The van der Waals surface area contributed by atoms with Gasteiger partial charge in [0.25, 0.3) is 5.56 Å². The normalized spacial score (nSPS) is 10.6. The third-order valence-electron chi connectivity index (χ3n) is 4.26. The first-order valence-corrected chi connectivity index (χ1v) is 8.37. The van der Waals surface area contributed by atoms with E-state index in [4.69, 9.17) is 11.0 Å². The number of pyridine rings is 2. The maximum absolute atomic E-state index is 13.0. The van der Waals surface area contributed by atoms with Crippen molar-refractivity contribution < 1.29 is 0 Å². The Morgan fingerprint density at radius 3 is 2.17 bits per heavy atom. The second-order valence-corrected chi connectivity index (χ2v) is 5.96. The van der Waals surface area contributed by atoms with E-state index < -0.39 is 5.56 Å². The SMILES string of the molecule is C/C(=N\n1c(N)c(C#N)c(-c2ccc(C#N)cc2)c(C#N)c1=O)c1ccncc1. The van der Waals surface area contributed by atoms with Crippen LogP contribution in [0.4, 0.5) is 5.82 Å². The Balaban J connectivity index is 2.30. The van der Waals surface area contributed by atoms with E-state index in [1.54, 1.807) is 43.6 Å². The molecule has 0 saturated carbocycles. The largest absolute Gasteiger partial charge is 0.382 e. The summed E-state index contributed by atoms with van der Waals surface area (Å²) in [5, 5.41) is 32.5. The van der Waals surface area contributed by atoms with Gasteiger partial charge in [-0.2, -0.15) is 25.6 Å². The van der Waals surface area contributed by atoms with Crippen molar-refractivity contribution in [1.82, 2.24) is 9.66 Å². The van der Waals surface area contributed by atoms with Crippen LogP contribution in [-0.2, 0) is 0 Å². The van der Waals surface area contributed by atoms with Gasteiger partial charge >= 0.3 is 0 Å². The van der Waals surface area contributed by atoms with E-state index in [2.05, 4.69) is 10.1 Å². The summed E-state index contributed by atoms with van der Waals surface area (Å²) in [6, 6.07) is 15.4. The van der Waals surface area contributed by atoms with Crippen LogP contribution in [0.15, 0.2) is 58.7 Å². The van der Waals surface area contributed by atoms with Gasteiger partial charge in [-0.15, -0.1) is 0 Å². The van der Waals surface area contributed by atoms with Crippen LogP contribution in [0.5, 0.6) is 0 Å². The van der Waals surface area contributed by atoms with Crippen LogP contribution >= 0.6 is 0 Å². The van der Waals surface area contributed by atoms with Crippen LogP contribution in [0, 0.1) is 34.0 Å². The molecule has 3 rings (SSSR count). The van der Waals surface area contributed by atoms with Gasteiger partial charge in [-0.1, -0.05) is 12.1 Å². The molecule has 0 radical (unpaired) electrons. The van der Waals surface area contributed by atoms with E-state index in [-0.39, 0.29) is 22.5 Å². The quantitative estimate of drug-likeness (QED) is 0.692. The third-order valence-corrected chi connectivity index (χ3v) is 4.26. The van der Waals surface area contributed by atoms with Gasteiger partial charge < -0.3 is 5.73 Å². The second kappa shape index (κ2) is 7.87. The van der Waals surface area contributed by atoms with Crippen molar-refractivity contribution in [1.29, 1.82) is 15.8 Å². The van der Waals surface area contributed by atoms with Gasteiger partial charge in [-0.05, 0) is 36.8 Å². The van der Waals surface area contributed by atoms with E-state index >= 15 is 0 Å². The van der Waals surface area contributed by atoms with Gasteiger partial charge in [-0.3, -0.25) is 9.78 Å². The summed E-state index contributed by atoms with van der Waals surface area (Å²) in [4.78, 5) is 16.9. The van der Waals surface area contributed by atoms with Gasteiger partial charge in [0.2, 0.25) is 0 Å². The lowest BCUT2D eigenvalue weighted by Gasteiger charge is -2.13. The molecule has 2 N–H and O–H groups in total. The molecular weight excluding hydrogens is 366 g/mol. The number of aromatic nitrogens is 2. The molecule has 0 fully saturated rings. The first kappa shape index (κ1) is 19.0. The molecule has 1 aromatic carbocycles. The number of nitrogens with two attached hydrogens (primary N) is 1. The Morgan fingerprint density at radius 2 is 1.62 bits per heavy atom. The molecule has 0 aliphatic rings. The number of hydrogen-bond donors (Lipinski definition) is 1. The van der Waals surface area contributed by atoms with Gasteiger partial charge in [-0.25, -0.2) is 0 Å². The highest BCUT2D eigenvalue weighted by atomic mass is 16.1. The highest BCUT2D eigenvalue weighted by Crippen LogP contribution is 2.29. The highest BCUT2D eigenvalue weighted by molar-refractivity contribution is 5.98. The summed E-state index contributed by atoms with van der Waals surface area (Å²) in [7, 11) is 0. The standard InChI is InChI=1S/C21H13N7O/c1-13(15-6-8-26-9-7-15)27-28-20(25)17(11-23)19(18(12-24)21(28)29)16-4-2-14(10-22)3-5-16/h2-9H,25H2,1H3/b27-13+. The molecule has 2 heterocycles. The minimum absolute atomic E-state index is 0.0443. The number of nitrogen functional groups attached to an aromatic ring is 1. The molecule has 0 amide bonds. The zero-order chi connectivity index (χ0) is 21.0. The average Bonchev–Trinajstić information content (AvgIpc) is 2.77. The van der Waals surface area contributed by atoms with Crippen LogP contribution in [0.1, 0.15) is 29.2 Å². The molecule has 0 bridgehead atoms. The molecule has 29 heavy (non-hydrogen) atoms. The Hall–Kier alpha value is -4.74. The molecule has 0 aliphatic carbocycles. The maximum Gasteiger partial charge on any atom is 0.291 e. The summed E-state index contributed by atoms with van der Waals surface area (Å²) < 4.78 is 0.861. The molecule has 3 aromatic rings. The van der Waals surface area contributed by atoms with Gasteiger partial charge in [0.15, 0.2) is 0 Å². The Morgan fingerprint density at radius 1 is 1.00 bits per heavy atom. The van der Waals surface area contributed by atoms with E-state index in [1.807, 2.05) is 18.2 Å². The first-order valence-electron chi connectivity index (χ1n) is 8.37. The van der Waals surface area contributed by atoms with Crippen LogP contribution in [0.25, 0.3) is 11.1 Å². The molecule has 8 nitrogen and oxygen atoms in total. The first-order chi connectivity index (χ1) is 14.0. The van der Waals surface area contributed by atoms with Gasteiger partial charge in [0, 0.05) is 23.5 Å². The number of benzene rings is 1. The summed E-state index contributed by atoms with van der Waals surface area (Å²) in [6.45, 7) is 1.67. The van der Waals surface area contributed by atoms with E-state index in [0.717, 1.165) is 4.68 Å². The summed E-state index contributed by atoms with van der Waals surface area (Å²) in [5.74, 6) is -0.177. The van der Waals surface area contributed by atoms with Crippen molar-refractivity contribution in [2.24, 2.45) is 5.10 Å². The summed E-state index contributed by atoms with van der Waals surface area (Å²) >= 11 is 0. The zero-order valence-corrected chi connectivity index (χ0v) is 15.3. The molecule has 0 spiro atoms. The fourth-order valence-corrected chi connectivity index (χ4v) is 2.80. The number of nitriles is 3. The van der Waals surface area contributed by atoms with Crippen molar-refractivity contribution >= 4 is 11.5 Å². The van der Waals surface area contributed by atoms with E-state index in [0.29, 0.717) is 22.4 Å². The summed E-state index contributed by atoms with van der Waals surface area (Å²) in [6.07, 6.45) is 3.16. The van der Waals surface area contributed by atoms with Crippen molar-refractivity contribution in [3.05, 3.63) is 81.4 Å². The smallest absolute Gasteiger partial charge is 0.291 e. The van der Waals surface area contributed by atoms with Crippen molar-refractivity contribution in [2.75, 3.05) is 5.73 Å². The van der Waals surface area contributed by atoms with Crippen LogP contribution in [0.3, 0.4) is 0 Å². The zero-order valence-electron chi connectivity index (χ0n) is 15.3. The fourth-order valence-electron chi connectivity index (χ4n) is 2.80. The number of rotatable bonds is 3. The minimum atomic E-state index is -0.739. The molecular formula is C21H13N7O. The van der Waals surface area contributed by atoms with Gasteiger partial charge in [0.1, 0.15) is 29.1 Å². The molecule has 2 aromatic heterocycles. The molecule has 0 atom stereocenters. The Labute approximate surface area is 166 Å². The third kappa shape index (κ3) is 3.44. The molecule has 138 valence electrons. The van der Waals surface area contributed by atoms with Crippen molar-refractivity contribution in [2.45, 2.75) is 6.92 Å². The topological polar surface area (TPSA) is 145 Å². The number of nitrogens with zero attached hydrogens (tertiary/aromatic N) is 6. The van der Waals surface area contributed by atoms with Crippen molar-refractivity contribution in [3.63, 3.8) is 0 Å². The monoisotopic (exact) mass is 379 g/mol. The maximum atomic E-state index is 13.0. The molecule has 0 saturated heterocycles. The van der Waals surface area contributed by atoms with E-state index in [1.165, 1.54) is 12.1 Å². The lowest BCUT2D eigenvalue weighted by Crippen LogP contribution is -2.25. The Bertz CT molecular complexity index is 1300. The lowest BCUT2D eigenvalue weighted by molar-refractivity contribution is 0.834. The van der Waals surface area contributed by atoms with Crippen molar-refractivity contribution in [3.8, 4) is 29.3 Å². The number of hydrogen-bond acceptors (Lipinski definition) is 7. The van der Waals surface area contributed by atoms with Gasteiger partial charge in [0.05, 0.1) is 17.3 Å². The molecule has 0 unspecified atom stereocenters. The highest BCUT2D eigenvalue weighted by Gasteiger charge is 2.22. The van der Waals surface area contributed by atoms with Crippen LogP contribution in [-0.4, -0.2) is 15.4 Å². The van der Waals surface area contributed by atoms with Crippen LogP contribution in [0.2, 0.25) is 0 Å². The van der Waals surface area contributed by atoms with E-state index in [9.17, 15) is 15.3 Å². The Kier molecular flexibility index (Phi) is 5.17. The lowest BCUT2D eigenvalue weighted by atomic mass is 9.96. The predicted molar refractivity (Wildman–Crippen MR) is 107 cm³/mol. The fraction of sp³-hybridized carbons (Fsp3) is 0.0476.